The number of esters is 1. The molecule has 0 saturated carbocycles. The molecule has 8 heteroatoms. The molecular weight excluding hydrogens is 464 g/mol. The highest BCUT2D eigenvalue weighted by Gasteiger charge is 2.29. The normalized spacial score (nSPS) is 14.9. The summed E-state index contributed by atoms with van der Waals surface area (Å²) in [6, 6.07) is 22.8. The van der Waals surface area contributed by atoms with Crippen LogP contribution in [0.2, 0.25) is 0 Å². The lowest BCUT2D eigenvalue weighted by Crippen LogP contribution is -2.38. The highest BCUT2D eigenvalue weighted by Crippen LogP contribution is 2.27. The van der Waals surface area contributed by atoms with Gasteiger partial charge in [0, 0.05) is 25.7 Å². The van der Waals surface area contributed by atoms with Gasteiger partial charge in [-0.15, -0.1) is 0 Å². The Morgan fingerprint density at radius 1 is 0.914 bits per heavy atom. The number of hydrogen-bond acceptors (Lipinski definition) is 5. The summed E-state index contributed by atoms with van der Waals surface area (Å²) in [5.41, 5.74) is 1.92. The lowest BCUT2D eigenvalue weighted by Gasteiger charge is -2.31. The molecule has 3 aromatic carbocycles. The lowest BCUT2D eigenvalue weighted by molar-refractivity contribution is -0.131. The summed E-state index contributed by atoms with van der Waals surface area (Å²) in [5, 5.41) is 2.72. The van der Waals surface area contributed by atoms with Crippen LogP contribution in [-0.4, -0.2) is 37.7 Å². The van der Waals surface area contributed by atoms with Crippen LogP contribution in [0.25, 0.3) is 0 Å². The number of nitrogens with one attached hydrogen (secondary N) is 1. The lowest BCUT2D eigenvalue weighted by atomic mass is 9.91. The fraction of sp³-hybridized carbons (Fsp3) is 0.259. The van der Waals surface area contributed by atoms with Crippen LogP contribution < -0.4 is 10.1 Å². The maximum absolute atomic E-state index is 13.1. The Hall–Kier alpha value is -3.49. The minimum Gasteiger partial charge on any atom is -0.426 e. The monoisotopic (exact) mass is 492 g/mol. The van der Waals surface area contributed by atoms with Crippen molar-refractivity contribution < 1.29 is 22.7 Å². The second-order valence-corrected chi connectivity index (χ2v) is 10.5. The van der Waals surface area contributed by atoms with E-state index in [1.54, 1.807) is 30.3 Å². The first-order valence-corrected chi connectivity index (χ1v) is 13.0. The van der Waals surface area contributed by atoms with E-state index in [4.69, 9.17) is 4.74 Å². The van der Waals surface area contributed by atoms with Gasteiger partial charge in [-0.1, -0.05) is 42.5 Å². The van der Waals surface area contributed by atoms with E-state index >= 15 is 0 Å². The van der Waals surface area contributed by atoms with Gasteiger partial charge in [-0.3, -0.25) is 9.59 Å². The van der Waals surface area contributed by atoms with Crippen molar-refractivity contribution in [2.75, 3.05) is 18.4 Å². The molecule has 1 N–H and O–H groups in total. The number of carbonyl (C=O) groups excluding carboxylic acids is 2. The number of para-hydroxylation sites is 1. The summed E-state index contributed by atoms with van der Waals surface area (Å²) < 4.78 is 32.9. The van der Waals surface area contributed by atoms with Crippen molar-refractivity contribution in [3.63, 3.8) is 0 Å². The molecule has 0 atom stereocenters. The first-order valence-electron chi connectivity index (χ1n) is 11.6. The summed E-state index contributed by atoms with van der Waals surface area (Å²) in [6.45, 7) is 2.25. The molecule has 3 aromatic rings. The van der Waals surface area contributed by atoms with Crippen molar-refractivity contribution in [2.45, 2.75) is 31.1 Å². The van der Waals surface area contributed by atoms with Crippen LogP contribution in [0.4, 0.5) is 5.69 Å². The average molecular weight is 493 g/mol. The van der Waals surface area contributed by atoms with Gasteiger partial charge < -0.3 is 10.1 Å². The number of piperidine rings is 1. The van der Waals surface area contributed by atoms with Crippen molar-refractivity contribution in [3.05, 3.63) is 90.0 Å². The van der Waals surface area contributed by atoms with E-state index in [1.807, 2.05) is 18.2 Å². The van der Waals surface area contributed by atoms with E-state index in [1.165, 1.54) is 35.0 Å². The van der Waals surface area contributed by atoms with Crippen LogP contribution in [0.1, 0.15) is 35.7 Å². The molecule has 7 nitrogen and oxygen atoms in total. The molecule has 0 radical (unpaired) electrons. The van der Waals surface area contributed by atoms with Crippen molar-refractivity contribution in [1.29, 1.82) is 0 Å². The van der Waals surface area contributed by atoms with E-state index in [2.05, 4.69) is 17.4 Å². The molecule has 0 aliphatic carbocycles. The van der Waals surface area contributed by atoms with Crippen LogP contribution in [-0.2, 0) is 21.2 Å². The van der Waals surface area contributed by atoms with Gasteiger partial charge in [-0.05, 0) is 67.1 Å². The van der Waals surface area contributed by atoms with Gasteiger partial charge in [0.1, 0.15) is 5.75 Å². The fourth-order valence-electron chi connectivity index (χ4n) is 4.26. The number of benzene rings is 3. The van der Waals surface area contributed by atoms with E-state index in [0.717, 1.165) is 19.3 Å². The van der Waals surface area contributed by atoms with Crippen molar-refractivity contribution in [3.8, 4) is 5.75 Å². The van der Waals surface area contributed by atoms with Gasteiger partial charge in [0.2, 0.25) is 10.0 Å². The number of hydrogen-bond donors (Lipinski definition) is 1. The van der Waals surface area contributed by atoms with Crippen molar-refractivity contribution in [2.24, 2.45) is 5.92 Å². The van der Waals surface area contributed by atoms with Crippen LogP contribution in [0.5, 0.6) is 5.75 Å². The number of rotatable bonds is 7. The number of anilines is 1. The second kappa shape index (κ2) is 10.8. The number of sulfonamides is 1. The molecule has 4 rings (SSSR count). The Morgan fingerprint density at radius 2 is 1.54 bits per heavy atom. The van der Waals surface area contributed by atoms with Gasteiger partial charge in [0.25, 0.3) is 5.91 Å². The van der Waals surface area contributed by atoms with E-state index in [0.29, 0.717) is 24.7 Å². The number of amides is 1. The number of ether oxygens (including phenoxy) is 1. The number of carbonyl (C=O) groups is 2. The molecule has 1 heterocycles. The zero-order chi connectivity index (χ0) is 24.8. The average Bonchev–Trinajstić information content (AvgIpc) is 2.85. The van der Waals surface area contributed by atoms with Gasteiger partial charge >= 0.3 is 5.97 Å². The first kappa shape index (κ1) is 24.6. The molecule has 0 aromatic heterocycles. The predicted octanol–water partition coefficient (Wildman–Crippen LogP) is 4.51. The highest BCUT2D eigenvalue weighted by atomic mass is 32.2. The Kier molecular flexibility index (Phi) is 7.63. The fourth-order valence-corrected chi connectivity index (χ4v) is 5.73. The molecule has 1 aliphatic rings. The smallest absolute Gasteiger partial charge is 0.308 e. The highest BCUT2D eigenvalue weighted by molar-refractivity contribution is 7.89. The predicted molar refractivity (Wildman–Crippen MR) is 134 cm³/mol. The van der Waals surface area contributed by atoms with Gasteiger partial charge in [-0.25, -0.2) is 8.42 Å². The summed E-state index contributed by atoms with van der Waals surface area (Å²) in [5.74, 6) is -0.356. The van der Waals surface area contributed by atoms with Crippen LogP contribution >= 0.6 is 0 Å². The third-order valence-electron chi connectivity index (χ3n) is 6.08. The third-order valence-corrected chi connectivity index (χ3v) is 7.99. The summed E-state index contributed by atoms with van der Waals surface area (Å²) in [6.07, 6.45) is 2.61. The van der Waals surface area contributed by atoms with Gasteiger partial charge in [0.05, 0.1) is 10.5 Å². The molecule has 1 saturated heterocycles. The topological polar surface area (TPSA) is 92.8 Å². The molecule has 1 fully saturated rings. The first-order chi connectivity index (χ1) is 16.8. The standard InChI is InChI=1S/C27H28N2O5S/c1-20(30)34-26-10-6-5-9-25(26)27(31)28-23-11-13-24(14-12-23)35(32,33)29-17-15-22(16-18-29)19-21-7-3-2-4-8-21/h2-14,22H,15-19H2,1H3,(H,28,31). The third kappa shape index (κ3) is 6.15. The maximum atomic E-state index is 13.1. The molecule has 0 unspecified atom stereocenters. The molecule has 182 valence electrons. The quantitative estimate of drug-likeness (QED) is 0.387. The van der Waals surface area contributed by atoms with Crippen LogP contribution in [0.15, 0.2) is 83.8 Å². The largest absolute Gasteiger partial charge is 0.426 e. The van der Waals surface area contributed by atoms with E-state index < -0.39 is 21.9 Å². The summed E-state index contributed by atoms with van der Waals surface area (Å²) in [7, 11) is -3.61. The molecule has 0 bridgehead atoms. The molecule has 35 heavy (non-hydrogen) atoms. The Balaban J connectivity index is 1.38. The van der Waals surface area contributed by atoms with Crippen molar-refractivity contribution >= 4 is 27.6 Å². The van der Waals surface area contributed by atoms with Crippen molar-refractivity contribution in [1.82, 2.24) is 4.31 Å². The maximum Gasteiger partial charge on any atom is 0.308 e. The van der Waals surface area contributed by atoms with Crippen LogP contribution in [0.3, 0.4) is 0 Å². The minimum atomic E-state index is -3.61. The Labute approximate surface area is 205 Å². The molecular formula is C27H28N2O5S. The zero-order valence-corrected chi connectivity index (χ0v) is 20.3. The SMILES string of the molecule is CC(=O)Oc1ccccc1C(=O)Nc1ccc(S(=O)(=O)N2CCC(Cc3ccccc3)CC2)cc1. The summed E-state index contributed by atoms with van der Waals surface area (Å²) in [4.78, 5) is 24.2. The van der Waals surface area contributed by atoms with Gasteiger partial charge in [0.15, 0.2) is 0 Å². The zero-order valence-electron chi connectivity index (χ0n) is 19.5. The second-order valence-electron chi connectivity index (χ2n) is 8.61. The van der Waals surface area contributed by atoms with E-state index in [-0.39, 0.29) is 16.2 Å². The van der Waals surface area contributed by atoms with E-state index in [9.17, 15) is 18.0 Å². The molecule has 0 spiro atoms. The van der Waals surface area contributed by atoms with Gasteiger partial charge in [-0.2, -0.15) is 4.31 Å². The molecule has 1 aliphatic heterocycles. The Morgan fingerprint density at radius 3 is 2.20 bits per heavy atom. The minimum absolute atomic E-state index is 0.160. The van der Waals surface area contributed by atoms with Crippen LogP contribution in [0, 0.1) is 5.92 Å². The summed E-state index contributed by atoms with van der Waals surface area (Å²) >= 11 is 0. The molecule has 1 amide bonds. The Bertz CT molecular complexity index is 1280. The number of nitrogens with zero attached hydrogens (tertiary/aromatic N) is 1.